The molecule has 3 nitrogen and oxygen atoms in total. The lowest BCUT2D eigenvalue weighted by Gasteiger charge is -2.19. The summed E-state index contributed by atoms with van der Waals surface area (Å²) in [5.41, 5.74) is 7.77. The Balaban J connectivity index is 2.26. The maximum atomic E-state index is 5.81. The topological polar surface area (TPSA) is 50.9 Å². The summed E-state index contributed by atoms with van der Waals surface area (Å²) < 4.78 is 0. The number of nitrogens with two attached hydrogens (primary N) is 1. The first-order chi connectivity index (χ1) is 9.11. The Morgan fingerprint density at radius 3 is 2.42 bits per heavy atom. The molecule has 0 radical (unpaired) electrons. The fraction of sp³-hybridized carbons (Fsp3) is 0.267. The van der Waals surface area contributed by atoms with E-state index in [1.165, 1.54) is 16.7 Å². The zero-order chi connectivity index (χ0) is 13.8. The van der Waals surface area contributed by atoms with E-state index in [2.05, 4.69) is 42.5 Å². The predicted octanol–water partition coefficient (Wildman–Crippen LogP) is 3.10. The molecule has 1 aromatic carbocycles. The summed E-state index contributed by atoms with van der Waals surface area (Å²) in [5, 5.41) is 0.492. The van der Waals surface area contributed by atoms with Crippen molar-refractivity contribution in [3.05, 3.63) is 63.9 Å². The van der Waals surface area contributed by atoms with Crippen LogP contribution < -0.4 is 11.3 Å². The van der Waals surface area contributed by atoms with E-state index in [-0.39, 0.29) is 6.04 Å². The molecule has 0 aliphatic carbocycles. The van der Waals surface area contributed by atoms with Gasteiger partial charge in [-0.2, -0.15) is 0 Å². The number of nitrogens with zero attached hydrogens (tertiary/aromatic N) is 1. The summed E-state index contributed by atoms with van der Waals surface area (Å²) in [7, 11) is 0. The minimum atomic E-state index is 0.0320. The van der Waals surface area contributed by atoms with E-state index in [0.29, 0.717) is 5.15 Å². The molecule has 1 aromatic heterocycles. The van der Waals surface area contributed by atoms with Gasteiger partial charge in [0.2, 0.25) is 0 Å². The van der Waals surface area contributed by atoms with Crippen molar-refractivity contribution < 1.29 is 0 Å². The second kappa shape index (κ2) is 6.15. The predicted molar refractivity (Wildman–Crippen MR) is 78.9 cm³/mol. The molecule has 100 valence electrons. The van der Waals surface area contributed by atoms with Crippen LogP contribution in [0.1, 0.15) is 28.3 Å². The number of nitrogens with one attached hydrogen (secondary N) is 1. The molecule has 2 aromatic rings. The lowest BCUT2D eigenvalue weighted by Crippen LogP contribution is -2.30. The van der Waals surface area contributed by atoms with E-state index in [0.717, 1.165) is 12.0 Å². The Morgan fingerprint density at radius 1 is 1.21 bits per heavy atom. The molecule has 0 fully saturated rings. The Morgan fingerprint density at radius 2 is 1.89 bits per heavy atom. The first-order valence-electron chi connectivity index (χ1n) is 6.24. The number of pyridine rings is 1. The molecule has 0 saturated heterocycles. The highest BCUT2D eigenvalue weighted by molar-refractivity contribution is 6.29. The summed E-state index contributed by atoms with van der Waals surface area (Å²) in [6, 6.07) is 10.1. The molecule has 4 heteroatoms. The van der Waals surface area contributed by atoms with Gasteiger partial charge in [0.1, 0.15) is 5.15 Å². The van der Waals surface area contributed by atoms with Gasteiger partial charge in [-0.15, -0.1) is 0 Å². The van der Waals surface area contributed by atoms with E-state index in [4.69, 9.17) is 17.4 Å². The third kappa shape index (κ3) is 3.32. The summed E-state index contributed by atoms with van der Waals surface area (Å²) >= 11 is 5.81. The number of hydrogen-bond donors (Lipinski definition) is 2. The molecule has 0 amide bonds. The maximum Gasteiger partial charge on any atom is 0.129 e. The fourth-order valence-electron chi connectivity index (χ4n) is 2.24. The van der Waals surface area contributed by atoms with Crippen molar-refractivity contribution in [1.29, 1.82) is 0 Å². The minimum absolute atomic E-state index is 0.0320. The van der Waals surface area contributed by atoms with Gasteiger partial charge in [-0.3, -0.25) is 11.3 Å². The lowest BCUT2D eigenvalue weighted by molar-refractivity contribution is 0.548. The van der Waals surface area contributed by atoms with Gasteiger partial charge in [-0.05, 0) is 48.6 Å². The fourth-order valence-corrected chi connectivity index (χ4v) is 2.35. The van der Waals surface area contributed by atoms with Crippen LogP contribution in [0.25, 0.3) is 0 Å². The quantitative estimate of drug-likeness (QED) is 0.512. The van der Waals surface area contributed by atoms with Gasteiger partial charge in [-0.1, -0.05) is 35.9 Å². The molecule has 19 heavy (non-hydrogen) atoms. The van der Waals surface area contributed by atoms with E-state index < -0.39 is 0 Å². The monoisotopic (exact) mass is 275 g/mol. The van der Waals surface area contributed by atoms with Gasteiger partial charge in [-0.25, -0.2) is 4.98 Å². The van der Waals surface area contributed by atoms with E-state index in [9.17, 15) is 0 Å². The molecule has 1 atom stereocenters. The van der Waals surface area contributed by atoms with Crippen molar-refractivity contribution in [2.45, 2.75) is 26.3 Å². The highest BCUT2D eigenvalue weighted by atomic mass is 35.5. The molecule has 1 heterocycles. The maximum absolute atomic E-state index is 5.81. The van der Waals surface area contributed by atoms with Crippen LogP contribution in [-0.2, 0) is 6.42 Å². The molecule has 3 N–H and O–H groups in total. The standard InChI is InChI=1S/C15H18ClN3/c1-10-4-3-5-11(2)13(10)8-14(19-17)12-6-7-15(16)18-9-12/h3-7,9,14,19H,8,17H2,1-2H3. The number of hydrogen-bond acceptors (Lipinski definition) is 3. The molecular weight excluding hydrogens is 258 g/mol. The van der Waals surface area contributed by atoms with Gasteiger partial charge in [0.05, 0.1) is 6.04 Å². The van der Waals surface area contributed by atoms with Crippen molar-refractivity contribution >= 4 is 11.6 Å². The summed E-state index contributed by atoms with van der Waals surface area (Å²) in [5.74, 6) is 5.68. The van der Waals surface area contributed by atoms with Crippen molar-refractivity contribution in [2.75, 3.05) is 0 Å². The minimum Gasteiger partial charge on any atom is -0.271 e. The number of halogens is 1. The van der Waals surface area contributed by atoms with Crippen molar-refractivity contribution in [3.8, 4) is 0 Å². The summed E-state index contributed by atoms with van der Waals surface area (Å²) in [6.45, 7) is 4.24. The molecular formula is C15H18ClN3. The van der Waals surface area contributed by atoms with Crippen molar-refractivity contribution in [1.82, 2.24) is 10.4 Å². The van der Waals surface area contributed by atoms with Crippen LogP contribution in [-0.4, -0.2) is 4.98 Å². The van der Waals surface area contributed by atoms with Crippen LogP contribution in [0.4, 0.5) is 0 Å². The average Bonchev–Trinajstić information content (AvgIpc) is 2.40. The van der Waals surface area contributed by atoms with Crippen LogP contribution in [0.3, 0.4) is 0 Å². The number of aromatic nitrogens is 1. The highest BCUT2D eigenvalue weighted by Gasteiger charge is 2.13. The second-order valence-electron chi connectivity index (χ2n) is 4.71. The summed E-state index contributed by atoms with van der Waals surface area (Å²) in [4.78, 5) is 4.10. The van der Waals surface area contributed by atoms with Crippen molar-refractivity contribution in [3.63, 3.8) is 0 Å². The number of hydrazine groups is 1. The van der Waals surface area contributed by atoms with E-state index >= 15 is 0 Å². The number of benzene rings is 1. The average molecular weight is 276 g/mol. The van der Waals surface area contributed by atoms with Gasteiger partial charge in [0.25, 0.3) is 0 Å². The van der Waals surface area contributed by atoms with Crippen LogP contribution in [0, 0.1) is 13.8 Å². The van der Waals surface area contributed by atoms with Crippen LogP contribution in [0.2, 0.25) is 5.15 Å². The van der Waals surface area contributed by atoms with Crippen LogP contribution in [0.15, 0.2) is 36.5 Å². The Hall–Kier alpha value is -1.42. The Kier molecular flexibility index (Phi) is 4.53. The van der Waals surface area contributed by atoms with E-state index in [1.54, 1.807) is 12.3 Å². The first-order valence-corrected chi connectivity index (χ1v) is 6.62. The number of rotatable bonds is 4. The molecule has 1 unspecified atom stereocenters. The van der Waals surface area contributed by atoms with Gasteiger partial charge in [0.15, 0.2) is 0 Å². The highest BCUT2D eigenvalue weighted by Crippen LogP contribution is 2.22. The molecule has 0 bridgehead atoms. The van der Waals surface area contributed by atoms with Gasteiger partial charge < -0.3 is 0 Å². The van der Waals surface area contributed by atoms with Gasteiger partial charge >= 0.3 is 0 Å². The van der Waals surface area contributed by atoms with E-state index in [1.807, 2.05) is 6.07 Å². The largest absolute Gasteiger partial charge is 0.271 e. The molecule has 0 spiro atoms. The zero-order valence-corrected chi connectivity index (χ0v) is 11.9. The second-order valence-corrected chi connectivity index (χ2v) is 5.10. The first kappa shape index (κ1) is 14.0. The van der Waals surface area contributed by atoms with Gasteiger partial charge in [0, 0.05) is 6.20 Å². The SMILES string of the molecule is Cc1cccc(C)c1CC(NN)c1ccc(Cl)nc1. The molecule has 0 aliphatic rings. The zero-order valence-electron chi connectivity index (χ0n) is 11.2. The molecule has 0 aliphatic heterocycles. The lowest BCUT2D eigenvalue weighted by atomic mass is 9.94. The smallest absolute Gasteiger partial charge is 0.129 e. The normalized spacial score (nSPS) is 12.4. The third-order valence-electron chi connectivity index (χ3n) is 3.41. The Bertz CT molecular complexity index is 532. The molecule has 0 saturated carbocycles. The van der Waals surface area contributed by atoms with Crippen LogP contribution in [0.5, 0.6) is 0 Å². The Labute approximate surface area is 118 Å². The van der Waals surface area contributed by atoms with Crippen molar-refractivity contribution in [2.24, 2.45) is 5.84 Å². The van der Waals surface area contributed by atoms with Crippen LogP contribution >= 0.6 is 11.6 Å². The summed E-state index contributed by atoms with van der Waals surface area (Å²) in [6.07, 6.45) is 2.60. The molecule has 2 rings (SSSR count). The number of aryl methyl sites for hydroxylation is 2. The third-order valence-corrected chi connectivity index (χ3v) is 3.63.